The van der Waals surface area contributed by atoms with E-state index in [1.165, 1.54) is 18.4 Å². The molecule has 1 aromatic heterocycles. The highest BCUT2D eigenvalue weighted by Gasteiger charge is 2.19. The van der Waals surface area contributed by atoms with Crippen LogP contribution in [0, 0.1) is 13.8 Å². The summed E-state index contributed by atoms with van der Waals surface area (Å²) in [6, 6.07) is 2.62. The summed E-state index contributed by atoms with van der Waals surface area (Å²) in [6.07, 6.45) is 2.48. The molecule has 0 unspecified atom stereocenters. The minimum atomic E-state index is 0.470. The minimum absolute atomic E-state index is 0.470. The lowest BCUT2D eigenvalue weighted by molar-refractivity contribution is 0.428. The predicted molar refractivity (Wildman–Crippen MR) is 48.2 cm³/mol. The number of furan rings is 1. The molecule has 0 bridgehead atoms. The molecule has 2 nitrogen and oxygen atoms in total. The molecule has 2 rings (SSSR count). The van der Waals surface area contributed by atoms with Crippen molar-refractivity contribution >= 4 is 0 Å². The van der Waals surface area contributed by atoms with Crippen LogP contribution in [-0.4, -0.2) is 6.54 Å². The Hall–Kier alpha value is -0.760. The van der Waals surface area contributed by atoms with E-state index in [9.17, 15) is 0 Å². The van der Waals surface area contributed by atoms with Gasteiger partial charge in [0.05, 0.1) is 6.04 Å². The van der Waals surface area contributed by atoms with Gasteiger partial charge < -0.3 is 9.73 Å². The van der Waals surface area contributed by atoms with Crippen molar-refractivity contribution in [3.8, 4) is 0 Å². The number of nitrogens with one attached hydrogen (secondary N) is 1. The van der Waals surface area contributed by atoms with E-state index in [-0.39, 0.29) is 0 Å². The molecule has 2 heteroatoms. The summed E-state index contributed by atoms with van der Waals surface area (Å²) in [5.41, 5.74) is 1.26. The molecule has 12 heavy (non-hydrogen) atoms. The van der Waals surface area contributed by atoms with E-state index in [1.54, 1.807) is 0 Å². The van der Waals surface area contributed by atoms with Gasteiger partial charge in [0.25, 0.3) is 0 Å². The summed E-state index contributed by atoms with van der Waals surface area (Å²) in [7, 11) is 0. The van der Waals surface area contributed by atoms with Crippen molar-refractivity contribution < 1.29 is 4.42 Å². The smallest absolute Gasteiger partial charge is 0.121 e. The van der Waals surface area contributed by atoms with Gasteiger partial charge in [-0.2, -0.15) is 0 Å². The summed E-state index contributed by atoms with van der Waals surface area (Å²) in [5.74, 6) is 2.17. The molecule has 0 saturated carbocycles. The van der Waals surface area contributed by atoms with E-state index in [0.717, 1.165) is 18.1 Å². The quantitative estimate of drug-likeness (QED) is 0.690. The van der Waals surface area contributed by atoms with Gasteiger partial charge in [-0.25, -0.2) is 0 Å². The Kier molecular flexibility index (Phi) is 1.93. The first kappa shape index (κ1) is 7.87. The fourth-order valence-corrected chi connectivity index (χ4v) is 1.70. The third kappa shape index (κ3) is 1.27. The minimum Gasteiger partial charge on any atom is -0.464 e. The molecule has 1 aliphatic rings. The van der Waals surface area contributed by atoms with Gasteiger partial charge in [-0.15, -0.1) is 0 Å². The first-order valence-electron chi connectivity index (χ1n) is 4.57. The van der Waals surface area contributed by atoms with Crippen LogP contribution in [0.5, 0.6) is 0 Å². The Bertz CT molecular complexity index is 252. The molecule has 66 valence electrons. The molecule has 0 radical (unpaired) electrons. The highest BCUT2D eigenvalue weighted by molar-refractivity contribution is 5.21. The Morgan fingerprint density at radius 2 is 2.33 bits per heavy atom. The zero-order chi connectivity index (χ0) is 8.55. The molecule has 1 N–H and O–H groups in total. The van der Waals surface area contributed by atoms with Gasteiger partial charge in [-0.1, -0.05) is 0 Å². The summed E-state index contributed by atoms with van der Waals surface area (Å²) in [6.45, 7) is 5.24. The normalized spacial score (nSPS) is 23.3. The molecule has 1 aliphatic heterocycles. The van der Waals surface area contributed by atoms with E-state index < -0.39 is 0 Å². The lowest BCUT2D eigenvalue weighted by atomic mass is 10.1. The van der Waals surface area contributed by atoms with Crippen LogP contribution in [0.4, 0.5) is 0 Å². The van der Waals surface area contributed by atoms with Crippen LogP contribution in [-0.2, 0) is 0 Å². The van der Waals surface area contributed by atoms with Crippen molar-refractivity contribution in [2.75, 3.05) is 6.54 Å². The van der Waals surface area contributed by atoms with Gasteiger partial charge in [-0.3, -0.25) is 0 Å². The fraction of sp³-hybridized carbons (Fsp3) is 0.600. The first-order chi connectivity index (χ1) is 5.77. The molecule has 0 amide bonds. The Labute approximate surface area is 73.0 Å². The van der Waals surface area contributed by atoms with Crippen molar-refractivity contribution in [1.82, 2.24) is 5.32 Å². The van der Waals surface area contributed by atoms with Gasteiger partial charge in [-0.05, 0) is 44.9 Å². The summed E-state index contributed by atoms with van der Waals surface area (Å²) < 4.78 is 5.64. The molecule has 2 heterocycles. The average Bonchev–Trinajstić information content (AvgIpc) is 2.61. The third-order valence-corrected chi connectivity index (χ3v) is 2.59. The molecule has 1 atom stereocenters. The Morgan fingerprint density at radius 3 is 2.83 bits per heavy atom. The van der Waals surface area contributed by atoms with Gasteiger partial charge >= 0.3 is 0 Å². The maximum absolute atomic E-state index is 5.64. The first-order valence-corrected chi connectivity index (χ1v) is 4.57. The molecular formula is C10H15NO. The van der Waals surface area contributed by atoms with E-state index in [1.807, 2.05) is 6.92 Å². The molecule has 0 aliphatic carbocycles. The van der Waals surface area contributed by atoms with Crippen molar-refractivity contribution in [1.29, 1.82) is 0 Å². The van der Waals surface area contributed by atoms with Crippen LogP contribution < -0.4 is 5.32 Å². The molecule has 1 saturated heterocycles. The highest BCUT2D eigenvalue weighted by Crippen LogP contribution is 2.26. The summed E-state index contributed by atoms with van der Waals surface area (Å²) in [4.78, 5) is 0. The Balaban J connectivity index is 2.21. The zero-order valence-corrected chi connectivity index (χ0v) is 7.68. The molecule has 0 spiro atoms. The van der Waals surface area contributed by atoms with Crippen molar-refractivity contribution in [2.24, 2.45) is 0 Å². The fourth-order valence-electron chi connectivity index (χ4n) is 1.70. The zero-order valence-electron chi connectivity index (χ0n) is 7.68. The summed E-state index contributed by atoms with van der Waals surface area (Å²) >= 11 is 0. The van der Waals surface area contributed by atoms with Gasteiger partial charge in [0.15, 0.2) is 0 Å². The molecular weight excluding hydrogens is 150 g/mol. The largest absolute Gasteiger partial charge is 0.464 e. The highest BCUT2D eigenvalue weighted by atomic mass is 16.3. The topological polar surface area (TPSA) is 25.2 Å². The third-order valence-electron chi connectivity index (χ3n) is 2.59. The molecule has 0 aromatic carbocycles. The van der Waals surface area contributed by atoms with Crippen molar-refractivity contribution in [2.45, 2.75) is 32.7 Å². The number of rotatable bonds is 1. The van der Waals surface area contributed by atoms with Gasteiger partial charge in [0.1, 0.15) is 11.5 Å². The van der Waals surface area contributed by atoms with Crippen molar-refractivity contribution in [3.05, 3.63) is 23.2 Å². The number of hydrogen-bond donors (Lipinski definition) is 1. The average molecular weight is 165 g/mol. The van der Waals surface area contributed by atoms with Crippen LogP contribution in [0.25, 0.3) is 0 Å². The van der Waals surface area contributed by atoms with E-state index in [2.05, 4.69) is 18.3 Å². The standard InChI is InChI=1S/C10H15NO/c1-7-6-10(12-8(7)2)9-4-3-5-11-9/h6,9,11H,3-5H2,1-2H3/t9-/m0/s1. The SMILES string of the molecule is Cc1cc([C@@H]2CCCN2)oc1C. The maximum atomic E-state index is 5.64. The number of aryl methyl sites for hydroxylation is 2. The second kappa shape index (κ2) is 2.94. The van der Waals surface area contributed by atoms with Crippen LogP contribution >= 0.6 is 0 Å². The van der Waals surface area contributed by atoms with Crippen molar-refractivity contribution in [3.63, 3.8) is 0 Å². The van der Waals surface area contributed by atoms with Crippen LogP contribution in [0.1, 0.15) is 36.0 Å². The van der Waals surface area contributed by atoms with E-state index >= 15 is 0 Å². The van der Waals surface area contributed by atoms with Gasteiger partial charge in [0, 0.05) is 0 Å². The van der Waals surface area contributed by atoms with Gasteiger partial charge in [0.2, 0.25) is 0 Å². The van der Waals surface area contributed by atoms with E-state index in [4.69, 9.17) is 4.42 Å². The molecule has 1 aromatic rings. The Morgan fingerprint density at radius 1 is 1.50 bits per heavy atom. The predicted octanol–water partition coefficient (Wildman–Crippen LogP) is 2.32. The van der Waals surface area contributed by atoms with E-state index in [0.29, 0.717) is 6.04 Å². The molecule has 1 fully saturated rings. The second-order valence-corrected chi connectivity index (χ2v) is 3.54. The second-order valence-electron chi connectivity index (χ2n) is 3.54. The lowest BCUT2D eigenvalue weighted by Crippen LogP contribution is -2.11. The van der Waals surface area contributed by atoms with Crippen LogP contribution in [0.15, 0.2) is 10.5 Å². The van der Waals surface area contributed by atoms with Crippen LogP contribution in [0.2, 0.25) is 0 Å². The summed E-state index contributed by atoms with van der Waals surface area (Å²) in [5, 5.41) is 3.42. The van der Waals surface area contributed by atoms with Crippen LogP contribution in [0.3, 0.4) is 0 Å². The monoisotopic (exact) mass is 165 g/mol. The maximum Gasteiger partial charge on any atom is 0.121 e. The number of hydrogen-bond acceptors (Lipinski definition) is 2. The lowest BCUT2D eigenvalue weighted by Gasteiger charge is -2.04.